The van der Waals surface area contributed by atoms with Crippen molar-refractivity contribution in [2.45, 2.75) is 44.7 Å². The van der Waals surface area contributed by atoms with Gasteiger partial charge in [0.15, 0.2) is 0 Å². The first kappa shape index (κ1) is 12.7. The van der Waals surface area contributed by atoms with Gasteiger partial charge in [-0.1, -0.05) is 31.2 Å². The van der Waals surface area contributed by atoms with Crippen molar-refractivity contribution >= 4 is 5.97 Å². The Balaban J connectivity index is 1.92. The van der Waals surface area contributed by atoms with Crippen LogP contribution in [0.5, 0.6) is 0 Å². The summed E-state index contributed by atoms with van der Waals surface area (Å²) in [5.41, 5.74) is 2.21. The number of benzene rings is 1. The molecule has 1 heterocycles. The number of carboxylic acid groups (broad SMARTS) is 1. The van der Waals surface area contributed by atoms with E-state index in [2.05, 4.69) is 17.9 Å². The summed E-state index contributed by atoms with van der Waals surface area (Å²) in [6, 6.07) is 8.02. The van der Waals surface area contributed by atoms with Gasteiger partial charge in [-0.15, -0.1) is 0 Å². The molecular weight excluding hydrogens is 238 g/mol. The van der Waals surface area contributed by atoms with E-state index in [1.54, 1.807) is 0 Å². The molecule has 1 fully saturated rings. The third kappa shape index (κ3) is 2.27. The van der Waals surface area contributed by atoms with Crippen LogP contribution in [-0.4, -0.2) is 28.6 Å². The molecule has 3 nitrogen and oxygen atoms in total. The van der Waals surface area contributed by atoms with Crippen molar-refractivity contribution in [2.24, 2.45) is 5.92 Å². The molecule has 3 heteroatoms. The monoisotopic (exact) mass is 259 g/mol. The van der Waals surface area contributed by atoms with Gasteiger partial charge in [0.25, 0.3) is 0 Å². The molecule has 1 aliphatic heterocycles. The fourth-order valence-electron chi connectivity index (χ4n) is 3.73. The van der Waals surface area contributed by atoms with E-state index in [-0.39, 0.29) is 0 Å². The van der Waals surface area contributed by atoms with Crippen LogP contribution < -0.4 is 0 Å². The number of aliphatic carboxylic acids is 1. The molecular formula is C16H21NO2. The molecule has 0 aromatic heterocycles. The predicted octanol–water partition coefficient (Wildman–Crippen LogP) is 2.86. The highest BCUT2D eigenvalue weighted by atomic mass is 16.4. The fourth-order valence-corrected chi connectivity index (χ4v) is 3.73. The molecule has 1 aliphatic carbocycles. The number of carbonyl (C=O) groups is 1. The zero-order chi connectivity index (χ0) is 13.4. The highest BCUT2D eigenvalue weighted by Crippen LogP contribution is 2.37. The molecule has 0 radical (unpaired) electrons. The first-order valence-corrected chi connectivity index (χ1v) is 7.23. The van der Waals surface area contributed by atoms with E-state index in [4.69, 9.17) is 0 Å². The lowest BCUT2D eigenvalue weighted by Gasteiger charge is -2.38. The minimum Gasteiger partial charge on any atom is -0.480 e. The molecule has 3 unspecified atom stereocenters. The van der Waals surface area contributed by atoms with Crippen molar-refractivity contribution in [1.29, 1.82) is 0 Å². The van der Waals surface area contributed by atoms with Crippen molar-refractivity contribution in [2.75, 3.05) is 6.54 Å². The summed E-state index contributed by atoms with van der Waals surface area (Å²) in [6.45, 7) is 3.15. The maximum atomic E-state index is 11.7. The smallest absolute Gasteiger partial charge is 0.325 e. The molecule has 0 bridgehead atoms. The first-order valence-electron chi connectivity index (χ1n) is 7.23. The van der Waals surface area contributed by atoms with E-state index in [9.17, 15) is 9.90 Å². The molecule has 3 rings (SSSR count). The molecule has 1 N–H and O–H groups in total. The zero-order valence-corrected chi connectivity index (χ0v) is 11.4. The molecule has 1 saturated carbocycles. The van der Waals surface area contributed by atoms with E-state index in [0.29, 0.717) is 6.04 Å². The molecule has 2 aliphatic rings. The van der Waals surface area contributed by atoms with Crippen molar-refractivity contribution in [3.05, 3.63) is 35.4 Å². The van der Waals surface area contributed by atoms with Crippen molar-refractivity contribution in [1.82, 2.24) is 4.90 Å². The van der Waals surface area contributed by atoms with Gasteiger partial charge in [-0.25, -0.2) is 0 Å². The molecule has 19 heavy (non-hydrogen) atoms. The van der Waals surface area contributed by atoms with Crippen LogP contribution in [0.25, 0.3) is 0 Å². The van der Waals surface area contributed by atoms with Crippen molar-refractivity contribution in [3.8, 4) is 0 Å². The van der Waals surface area contributed by atoms with Gasteiger partial charge in [-0.05, 0) is 42.7 Å². The molecule has 0 saturated heterocycles. The summed E-state index contributed by atoms with van der Waals surface area (Å²) in [5, 5.41) is 9.64. The Bertz CT molecular complexity index is 485. The van der Waals surface area contributed by atoms with E-state index < -0.39 is 12.0 Å². The van der Waals surface area contributed by atoms with Crippen LogP contribution in [0, 0.1) is 5.92 Å². The van der Waals surface area contributed by atoms with Gasteiger partial charge in [0.05, 0.1) is 0 Å². The maximum absolute atomic E-state index is 11.7. The Morgan fingerprint density at radius 3 is 2.79 bits per heavy atom. The third-order valence-corrected chi connectivity index (χ3v) is 4.69. The van der Waals surface area contributed by atoms with Crippen LogP contribution in [0.15, 0.2) is 24.3 Å². The Kier molecular flexibility index (Phi) is 3.31. The minimum absolute atomic E-state index is 0.444. The van der Waals surface area contributed by atoms with Crippen molar-refractivity contribution < 1.29 is 9.90 Å². The standard InChI is InChI=1S/C16H21NO2/c1-11-6-7-13(10-11)17-9-8-12-4-2-3-5-14(12)15(17)16(18)19/h2-5,11,13,15H,6-10H2,1H3,(H,18,19). The van der Waals surface area contributed by atoms with Gasteiger partial charge in [-0.2, -0.15) is 0 Å². The maximum Gasteiger partial charge on any atom is 0.325 e. The largest absolute Gasteiger partial charge is 0.480 e. The van der Waals surface area contributed by atoms with E-state index in [1.165, 1.54) is 12.0 Å². The molecule has 1 aromatic rings. The highest BCUT2D eigenvalue weighted by molar-refractivity contribution is 5.76. The van der Waals surface area contributed by atoms with E-state index in [1.807, 2.05) is 18.2 Å². The minimum atomic E-state index is -0.702. The van der Waals surface area contributed by atoms with Crippen LogP contribution in [-0.2, 0) is 11.2 Å². The van der Waals surface area contributed by atoms with Gasteiger partial charge in [0, 0.05) is 12.6 Å². The van der Waals surface area contributed by atoms with Crippen LogP contribution in [0.3, 0.4) is 0 Å². The summed E-state index contributed by atoms with van der Waals surface area (Å²) < 4.78 is 0. The number of rotatable bonds is 2. The van der Waals surface area contributed by atoms with Gasteiger partial charge in [0.1, 0.15) is 6.04 Å². The average molecular weight is 259 g/mol. The van der Waals surface area contributed by atoms with Crippen LogP contribution in [0.4, 0.5) is 0 Å². The lowest BCUT2D eigenvalue weighted by Crippen LogP contribution is -2.45. The Hall–Kier alpha value is -1.35. The second kappa shape index (κ2) is 4.97. The Morgan fingerprint density at radius 1 is 1.32 bits per heavy atom. The fraction of sp³-hybridized carbons (Fsp3) is 0.562. The molecule has 102 valence electrons. The van der Waals surface area contributed by atoms with E-state index >= 15 is 0 Å². The number of carboxylic acids is 1. The highest BCUT2D eigenvalue weighted by Gasteiger charge is 2.38. The van der Waals surface area contributed by atoms with Crippen LogP contribution >= 0.6 is 0 Å². The van der Waals surface area contributed by atoms with E-state index in [0.717, 1.165) is 37.3 Å². The first-order chi connectivity index (χ1) is 9.16. The summed E-state index contributed by atoms with van der Waals surface area (Å²) in [6.07, 6.45) is 4.50. The number of hydrogen-bond acceptors (Lipinski definition) is 2. The molecule has 0 spiro atoms. The Morgan fingerprint density at radius 2 is 2.11 bits per heavy atom. The predicted molar refractivity (Wildman–Crippen MR) is 74.0 cm³/mol. The summed E-state index contributed by atoms with van der Waals surface area (Å²) in [7, 11) is 0. The molecule has 0 amide bonds. The topological polar surface area (TPSA) is 40.5 Å². The second-order valence-electron chi connectivity index (χ2n) is 6.00. The SMILES string of the molecule is CC1CCC(N2CCc3ccccc3C2C(=O)O)C1. The molecule has 3 atom stereocenters. The quantitative estimate of drug-likeness (QED) is 0.888. The average Bonchev–Trinajstić information content (AvgIpc) is 2.83. The molecule has 1 aromatic carbocycles. The Labute approximate surface area is 114 Å². The number of hydrogen-bond donors (Lipinski definition) is 1. The zero-order valence-electron chi connectivity index (χ0n) is 11.4. The van der Waals surface area contributed by atoms with Crippen molar-refractivity contribution in [3.63, 3.8) is 0 Å². The van der Waals surface area contributed by atoms with Gasteiger partial charge in [0.2, 0.25) is 0 Å². The normalized spacial score (nSPS) is 31.1. The number of nitrogens with zero attached hydrogens (tertiary/aromatic N) is 1. The van der Waals surface area contributed by atoms with Gasteiger partial charge >= 0.3 is 5.97 Å². The van der Waals surface area contributed by atoms with Crippen LogP contribution in [0.1, 0.15) is 43.4 Å². The summed E-state index contributed by atoms with van der Waals surface area (Å²) >= 11 is 0. The third-order valence-electron chi connectivity index (χ3n) is 4.69. The lowest BCUT2D eigenvalue weighted by atomic mass is 9.91. The lowest BCUT2D eigenvalue weighted by molar-refractivity contribution is -0.145. The summed E-state index contributed by atoms with van der Waals surface area (Å²) in [4.78, 5) is 14.0. The van der Waals surface area contributed by atoms with Gasteiger partial charge < -0.3 is 5.11 Å². The summed E-state index contributed by atoms with van der Waals surface area (Å²) in [5.74, 6) is 0.0309. The van der Waals surface area contributed by atoms with Gasteiger partial charge in [-0.3, -0.25) is 9.69 Å². The van der Waals surface area contributed by atoms with Crippen LogP contribution in [0.2, 0.25) is 0 Å². The second-order valence-corrected chi connectivity index (χ2v) is 6.00. The number of fused-ring (bicyclic) bond motifs is 1.